The van der Waals surface area contributed by atoms with Crippen LogP contribution in [-0.2, 0) is 4.57 Å². The third-order valence-electron chi connectivity index (χ3n) is 3.91. The molecule has 1 aromatic rings. The van der Waals surface area contributed by atoms with Crippen molar-refractivity contribution in [2.45, 2.75) is 32.2 Å². The molecule has 1 aliphatic rings. The summed E-state index contributed by atoms with van der Waals surface area (Å²) in [7, 11) is -2.50. The summed E-state index contributed by atoms with van der Waals surface area (Å²) < 4.78 is 13.3. The molecule has 3 atom stereocenters. The zero-order valence-electron chi connectivity index (χ0n) is 11.1. The number of aliphatic hydroxyl groups excluding tert-OH is 1. The minimum atomic E-state index is -2.50. The SMILES string of the molecule is CCN(CC)[C@H]1[C@H](O)CC[P@@]1(=O)c1ccccc1. The number of rotatable bonds is 4. The third kappa shape index (κ3) is 2.27. The summed E-state index contributed by atoms with van der Waals surface area (Å²) in [5, 5.41) is 11.1. The Bertz CT molecular complexity index is 431. The molecule has 1 aromatic carbocycles. The van der Waals surface area contributed by atoms with E-state index in [0.717, 1.165) is 18.4 Å². The van der Waals surface area contributed by atoms with Gasteiger partial charge < -0.3 is 9.67 Å². The Morgan fingerprint density at radius 2 is 1.89 bits per heavy atom. The van der Waals surface area contributed by atoms with Crippen molar-refractivity contribution in [3.63, 3.8) is 0 Å². The fourth-order valence-electron chi connectivity index (χ4n) is 2.95. The zero-order valence-corrected chi connectivity index (χ0v) is 12.0. The maximum Gasteiger partial charge on any atom is 0.134 e. The Kier molecular flexibility index (Phi) is 4.26. The first-order valence-corrected chi connectivity index (χ1v) is 8.66. The molecule has 3 nitrogen and oxygen atoms in total. The van der Waals surface area contributed by atoms with E-state index in [1.807, 2.05) is 30.3 Å². The molecular weight excluding hydrogens is 245 g/mol. The molecule has 1 N–H and O–H groups in total. The van der Waals surface area contributed by atoms with Crippen LogP contribution >= 0.6 is 7.14 Å². The second-order valence-corrected chi connectivity index (χ2v) is 7.93. The monoisotopic (exact) mass is 267 g/mol. The molecule has 18 heavy (non-hydrogen) atoms. The fraction of sp³-hybridized carbons (Fsp3) is 0.571. The van der Waals surface area contributed by atoms with Gasteiger partial charge in [-0.15, -0.1) is 0 Å². The molecule has 1 aliphatic heterocycles. The first-order chi connectivity index (χ1) is 8.63. The van der Waals surface area contributed by atoms with Gasteiger partial charge in [-0.3, -0.25) is 4.90 Å². The minimum Gasteiger partial charge on any atom is -0.391 e. The summed E-state index contributed by atoms with van der Waals surface area (Å²) in [6.07, 6.45) is 0.808. The molecule has 100 valence electrons. The third-order valence-corrected chi connectivity index (χ3v) is 7.53. The number of aliphatic hydroxyl groups is 1. The summed E-state index contributed by atoms with van der Waals surface area (Å²) in [4.78, 5) is 2.14. The van der Waals surface area contributed by atoms with Crippen LogP contribution in [0.2, 0.25) is 0 Å². The van der Waals surface area contributed by atoms with Crippen LogP contribution in [0.15, 0.2) is 30.3 Å². The van der Waals surface area contributed by atoms with Gasteiger partial charge in [-0.05, 0) is 19.5 Å². The molecule has 1 fully saturated rings. The van der Waals surface area contributed by atoms with E-state index >= 15 is 0 Å². The molecule has 0 saturated carbocycles. The van der Waals surface area contributed by atoms with Gasteiger partial charge in [0.15, 0.2) is 0 Å². The van der Waals surface area contributed by atoms with Gasteiger partial charge in [0.2, 0.25) is 0 Å². The highest BCUT2D eigenvalue weighted by Gasteiger charge is 2.47. The van der Waals surface area contributed by atoms with Crippen molar-refractivity contribution in [3.8, 4) is 0 Å². The Labute approximate surface area is 109 Å². The number of likely N-dealkylation sites (N-methyl/N-ethyl adjacent to an activating group) is 1. The van der Waals surface area contributed by atoms with Crippen molar-refractivity contribution in [2.75, 3.05) is 19.3 Å². The molecule has 1 saturated heterocycles. The van der Waals surface area contributed by atoms with Crippen LogP contribution in [0.4, 0.5) is 0 Å². The number of hydrogen-bond acceptors (Lipinski definition) is 3. The van der Waals surface area contributed by atoms with Crippen molar-refractivity contribution in [1.29, 1.82) is 0 Å². The summed E-state index contributed by atoms with van der Waals surface area (Å²) in [6.45, 7) is 5.78. The first kappa shape index (κ1) is 13.8. The lowest BCUT2D eigenvalue weighted by atomic mass is 10.2. The van der Waals surface area contributed by atoms with Gasteiger partial charge in [-0.2, -0.15) is 0 Å². The largest absolute Gasteiger partial charge is 0.391 e. The smallest absolute Gasteiger partial charge is 0.134 e. The standard InChI is InChI=1S/C14H22NO2P/c1-3-15(4-2)14-13(16)10-11-18(14,17)12-8-6-5-7-9-12/h5-9,13-14,16H,3-4,10-11H2,1-2H3/t13-,14-,18-/m1/s1. The summed E-state index contributed by atoms with van der Waals surface area (Å²) in [5.41, 5.74) is 0. The predicted octanol–water partition coefficient (Wildman–Crippen LogP) is 2.11. The summed E-state index contributed by atoms with van der Waals surface area (Å²) >= 11 is 0. The number of nitrogens with zero attached hydrogens (tertiary/aromatic N) is 1. The molecule has 0 spiro atoms. The van der Waals surface area contributed by atoms with Crippen LogP contribution in [0.3, 0.4) is 0 Å². The Hall–Kier alpha value is -0.630. The van der Waals surface area contributed by atoms with E-state index in [0.29, 0.717) is 12.6 Å². The molecule has 2 rings (SSSR count). The van der Waals surface area contributed by atoms with Crippen LogP contribution in [0.25, 0.3) is 0 Å². The molecular formula is C14H22NO2P. The lowest BCUT2D eigenvalue weighted by Gasteiger charge is -2.33. The molecule has 0 aromatic heterocycles. The second-order valence-electron chi connectivity index (χ2n) is 4.85. The normalized spacial score (nSPS) is 32.0. The fourth-order valence-corrected chi connectivity index (χ4v) is 6.66. The van der Waals surface area contributed by atoms with E-state index in [9.17, 15) is 9.67 Å². The summed E-state index contributed by atoms with van der Waals surface area (Å²) in [5.74, 6) is -0.199. The van der Waals surface area contributed by atoms with Crippen LogP contribution in [0.5, 0.6) is 0 Å². The molecule has 0 amide bonds. The van der Waals surface area contributed by atoms with Gasteiger partial charge in [-0.1, -0.05) is 44.2 Å². The highest BCUT2D eigenvalue weighted by Crippen LogP contribution is 2.57. The second kappa shape index (κ2) is 5.56. The number of benzene rings is 1. The zero-order chi connectivity index (χ0) is 13.2. The topological polar surface area (TPSA) is 40.5 Å². The van der Waals surface area contributed by atoms with Gasteiger partial charge in [0.05, 0.1) is 11.9 Å². The molecule has 0 aliphatic carbocycles. The quantitative estimate of drug-likeness (QED) is 0.849. The van der Waals surface area contributed by atoms with Gasteiger partial charge in [0, 0.05) is 11.5 Å². The van der Waals surface area contributed by atoms with Crippen molar-refractivity contribution >= 4 is 12.4 Å². The van der Waals surface area contributed by atoms with E-state index in [-0.39, 0.29) is 5.78 Å². The van der Waals surface area contributed by atoms with Crippen LogP contribution in [0.1, 0.15) is 20.3 Å². The number of hydrogen-bond donors (Lipinski definition) is 1. The average Bonchev–Trinajstić information content (AvgIpc) is 2.71. The van der Waals surface area contributed by atoms with Crippen molar-refractivity contribution in [2.24, 2.45) is 0 Å². The van der Waals surface area contributed by atoms with Gasteiger partial charge in [0.25, 0.3) is 0 Å². The minimum absolute atomic E-state index is 0.199. The molecule has 0 radical (unpaired) electrons. The Morgan fingerprint density at radius 3 is 2.44 bits per heavy atom. The predicted molar refractivity (Wildman–Crippen MR) is 75.9 cm³/mol. The van der Waals surface area contributed by atoms with Gasteiger partial charge >= 0.3 is 0 Å². The van der Waals surface area contributed by atoms with E-state index in [4.69, 9.17) is 0 Å². The molecule has 0 bridgehead atoms. The average molecular weight is 267 g/mol. The van der Waals surface area contributed by atoms with Crippen LogP contribution in [-0.4, -0.2) is 41.1 Å². The lowest BCUT2D eigenvalue weighted by molar-refractivity contribution is 0.103. The molecule has 1 heterocycles. The lowest BCUT2D eigenvalue weighted by Crippen LogP contribution is -2.41. The first-order valence-electron chi connectivity index (χ1n) is 6.70. The van der Waals surface area contributed by atoms with E-state index in [2.05, 4.69) is 18.7 Å². The van der Waals surface area contributed by atoms with Crippen molar-refractivity contribution in [1.82, 2.24) is 4.90 Å². The van der Waals surface area contributed by atoms with Gasteiger partial charge in [0.1, 0.15) is 7.14 Å². The van der Waals surface area contributed by atoms with E-state index in [1.54, 1.807) is 0 Å². The van der Waals surface area contributed by atoms with Crippen LogP contribution in [0, 0.1) is 0 Å². The molecule has 4 heteroatoms. The van der Waals surface area contributed by atoms with E-state index in [1.165, 1.54) is 0 Å². The summed E-state index contributed by atoms with van der Waals surface area (Å²) in [6, 6.07) is 9.68. The Balaban J connectivity index is 2.39. The molecule has 0 unspecified atom stereocenters. The Morgan fingerprint density at radius 1 is 1.28 bits per heavy atom. The maximum absolute atomic E-state index is 13.3. The van der Waals surface area contributed by atoms with Crippen molar-refractivity contribution in [3.05, 3.63) is 30.3 Å². The highest BCUT2D eigenvalue weighted by atomic mass is 31.2. The van der Waals surface area contributed by atoms with E-state index < -0.39 is 13.2 Å². The highest BCUT2D eigenvalue weighted by molar-refractivity contribution is 7.72. The van der Waals surface area contributed by atoms with Gasteiger partial charge in [-0.25, -0.2) is 0 Å². The van der Waals surface area contributed by atoms with Crippen LogP contribution < -0.4 is 5.30 Å². The maximum atomic E-state index is 13.3. The van der Waals surface area contributed by atoms with Crippen molar-refractivity contribution < 1.29 is 9.67 Å².